The number of fused-ring (bicyclic) bond motifs is 2. The monoisotopic (exact) mass is 252 g/mol. The zero-order valence-electron chi connectivity index (χ0n) is 11.6. The average molecular weight is 252 g/mol. The molecule has 0 saturated carbocycles. The van der Waals surface area contributed by atoms with Crippen molar-refractivity contribution in [2.45, 2.75) is 63.8 Å². The predicted octanol–water partition coefficient (Wildman–Crippen LogP) is 3.15. The van der Waals surface area contributed by atoms with Gasteiger partial charge in [0.2, 0.25) is 0 Å². The Balaban J connectivity index is 1.95. The van der Waals surface area contributed by atoms with Crippen LogP contribution in [0.5, 0.6) is 0 Å². The molecule has 2 heterocycles. The van der Waals surface area contributed by atoms with E-state index in [1.165, 1.54) is 0 Å². The van der Waals surface area contributed by atoms with Gasteiger partial charge in [0.25, 0.3) is 0 Å². The molecule has 1 aliphatic carbocycles. The van der Waals surface area contributed by atoms with Gasteiger partial charge in [0.15, 0.2) is 0 Å². The molecule has 2 aliphatic heterocycles. The summed E-state index contributed by atoms with van der Waals surface area (Å²) >= 11 is 0. The number of hydrogen-bond acceptors (Lipinski definition) is 3. The Labute approximate surface area is 109 Å². The zero-order chi connectivity index (χ0) is 13.4. The van der Waals surface area contributed by atoms with Crippen molar-refractivity contribution < 1.29 is 14.9 Å². The maximum absolute atomic E-state index is 9.79. The van der Waals surface area contributed by atoms with Crippen LogP contribution in [0.25, 0.3) is 0 Å². The van der Waals surface area contributed by atoms with Crippen LogP contribution in [-0.4, -0.2) is 22.4 Å². The van der Waals surface area contributed by atoms with Crippen LogP contribution in [0.4, 0.5) is 0 Å². The van der Waals surface area contributed by atoms with Crippen LogP contribution in [0, 0.1) is 5.92 Å². The van der Waals surface area contributed by atoms with Gasteiger partial charge in [-0.05, 0) is 45.4 Å². The molecule has 0 radical (unpaired) electrons. The Bertz CT molecular complexity index is 351. The smallest absolute Gasteiger partial charge is 0.124 e. The topological polar surface area (TPSA) is 38.7 Å². The number of hydrogen-bond donors (Lipinski definition) is 1. The van der Waals surface area contributed by atoms with Crippen molar-refractivity contribution in [1.29, 1.82) is 0 Å². The normalized spacial score (nSPS) is 37.6. The summed E-state index contributed by atoms with van der Waals surface area (Å²) in [6, 6.07) is 0. The summed E-state index contributed by atoms with van der Waals surface area (Å²) in [7, 11) is 0. The number of rotatable bonds is 5. The molecule has 0 aromatic carbocycles. The Morgan fingerprint density at radius 1 is 1.33 bits per heavy atom. The van der Waals surface area contributed by atoms with E-state index in [0.29, 0.717) is 5.92 Å². The van der Waals surface area contributed by atoms with E-state index in [2.05, 4.69) is 25.7 Å². The summed E-state index contributed by atoms with van der Waals surface area (Å²) in [6.45, 7) is 9.84. The van der Waals surface area contributed by atoms with Crippen molar-refractivity contribution in [3.8, 4) is 0 Å². The van der Waals surface area contributed by atoms with Crippen LogP contribution in [0.3, 0.4) is 0 Å². The summed E-state index contributed by atoms with van der Waals surface area (Å²) in [4.78, 5) is 11.1. The molecule has 3 aliphatic rings. The van der Waals surface area contributed by atoms with Crippen LogP contribution in [0.1, 0.15) is 46.5 Å². The third kappa shape index (κ3) is 2.53. The van der Waals surface area contributed by atoms with Crippen molar-refractivity contribution in [2.24, 2.45) is 5.92 Å². The lowest BCUT2D eigenvalue weighted by atomic mass is 9.74. The molecule has 1 saturated heterocycles. The highest BCUT2D eigenvalue weighted by molar-refractivity contribution is 5.18. The minimum Gasteiger partial charge on any atom is -0.389 e. The van der Waals surface area contributed by atoms with Gasteiger partial charge in [-0.25, -0.2) is 9.78 Å². The summed E-state index contributed by atoms with van der Waals surface area (Å²) < 4.78 is 0. The highest BCUT2D eigenvalue weighted by atomic mass is 17.2. The van der Waals surface area contributed by atoms with Crippen molar-refractivity contribution in [1.82, 2.24) is 0 Å². The average Bonchev–Trinajstić information content (AvgIpc) is 2.36. The predicted molar refractivity (Wildman–Crippen MR) is 70.9 cm³/mol. The van der Waals surface area contributed by atoms with Crippen LogP contribution in [-0.2, 0) is 9.78 Å². The molecule has 2 bridgehead atoms. The molecule has 0 aromatic heterocycles. The first kappa shape index (κ1) is 13.8. The lowest BCUT2D eigenvalue weighted by Crippen LogP contribution is -2.51. The van der Waals surface area contributed by atoms with Gasteiger partial charge in [0.05, 0.1) is 6.10 Å². The van der Waals surface area contributed by atoms with E-state index in [9.17, 15) is 5.11 Å². The van der Waals surface area contributed by atoms with E-state index in [0.717, 1.165) is 31.3 Å². The van der Waals surface area contributed by atoms with Gasteiger partial charge < -0.3 is 5.11 Å². The van der Waals surface area contributed by atoms with Crippen molar-refractivity contribution in [2.75, 3.05) is 0 Å². The van der Waals surface area contributed by atoms with Crippen LogP contribution in [0.2, 0.25) is 0 Å². The van der Waals surface area contributed by atoms with Gasteiger partial charge >= 0.3 is 0 Å². The molecule has 1 N–H and O–H groups in total. The highest BCUT2D eigenvalue weighted by Crippen LogP contribution is 2.45. The minimum atomic E-state index is -0.411. The Morgan fingerprint density at radius 3 is 2.50 bits per heavy atom. The maximum Gasteiger partial charge on any atom is 0.124 e. The van der Waals surface area contributed by atoms with Gasteiger partial charge in [-0.15, -0.1) is 0 Å². The number of aliphatic hydroxyl groups is 1. The fourth-order valence-electron chi connectivity index (χ4n) is 2.63. The maximum atomic E-state index is 9.79. The second-order valence-corrected chi connectivity index (χ2v) is 6.11. The van der Waals surface area contributed by atoms with E-state index >= 15 is 0 Å². The third-order valence-electron chi connectivity index (χ3n) is 4.39. The first-order valence-corrected chi connectivity index (χ1v) is 6.78. The molecule has 18 heavy (non-hydrogen) atoms. The fourth-order valence-corrected chi connectivity index (χ4v) is 2.63. The molecule has 3 heteroatoms. The lowest BCUT2D eigenvalue weighted by Gasteiger charge is -2.48. The van der Waals surface area contributed by atoms with Gasteiger partial charge in [-0.1, -0.05) is 31.2 Å². The Morgan fingerprint density at radius 2 is 2.06 bits per heavy atom. The van der Waals surface area contributed by atoms with E-state index < -0.39 is 6.10 Å². The van der Waals surface area contributed by atoms with Gasteiger partial charge in [-0.3, -0.25) is 0 Å². The summed E-state index contributed by atoms with van der Waals surface area (Å²) in [6.07, 6.45) is 7.47. The van der Waals surface area contributed by atoms with Crippen molar-refractivity contribution in [3.05, 3.63) is 24.3 Å². The standard InChI is InChI=1S/C15H24O3/c1-11(2)13(16)6-5-12(3)15-9-7-14(4,8-10-15)17-18-15/h7,9,12-13,16H,1,5-6,8,10H2,2-4H3. The van der Waals surface area contributed by atoms with Gasteiger partial charge in [0.1, 0.15) is 11.2 Å². The molecule has 102 valence electrons. The first-order valence-electron chi connectivity index (χ1n) is 6.78. The fraction of sp³-hybridized carbons (Fsp3) is 0.733. The largest absolute Gasteiger partial charge is 0.389 e. The van der Waals surface area contributed by atoms with Crippen LogP contribution < -0.4 is 0 Å². The zero-order valence-corrected chi connectivity index (χ0v) is 11.6. The third-order valence-corrected chi connectivity index (χ3v) is 4.39. The van der Waals surface area contributed by atoms with Crippen LogP contribution in [0.15, 0.2) is 24.3 Å². The summed E-state index contributed by atoms with van der Waals surface area (Å²) in [5, 5.41) is 9.79. The van der Waals surface area contributed by atoms with Gasteiger partial charge in [-0.2, -0.15) is 0 Å². The molecule has 0 amide bonds. The summed E-state index contributed by atoms with van der Waals surface area (Å²) in [5.41, 5.74) is 0.290. The molecule has 3 rings (SSSR count). The quantitative estimate of drug-likeness (QED) is 0.603. The minimum absolute atomic E-state index is 0.237. The van der Waals surface area contributed by atoms with Gasteiger partial charge in [0, 0.05) is 0 Å². The Hall–Kier alpha value is -0.640. The summed E-state index contributed by atoms with van der Waals surface area (Å²) in [5.74, 6) is 0.326. The molecule has 4 atom stereocenters. The Kier molecular flexibility index (Phi) is 3.67. The SMILES string of the molecule is C=C(C)C(O)CCC(C)C12C=CC(C)(CC1)OO2. The van der Waals surface area contributed by atoms with E-state index in [1.54, 1.807) is 0 Å². The second kappa shape index (κ2) is 4.80. The molecular formula is C15H24O3. The molecule has 1 fully saturated rings. The van der Waals surface area contributed by atoms with Crippen molar-refractivity contribution in [3.63, 3.8) is 0 Å². The van der Waals surface area contributed by atoms with Crippen molar-refractivity contribution >= 4 is 0 Å². The molecule has 0 aromatic rings. The molecular weight excluding hydrogens is 228 g/mol. The van der Waals surface area contributed by atoms with E-state index in [4.69, 9.17) is 9.78 Å². The lowest BCUT2D eigenvalue weighted by molar-refractivity contribution is -0.432. The molecule has 3 nitrogen and oxygen atoms in total. The van der Waals surface area contributed by atoms with Crippen LogP contribution >= 0.6 is 0 Å². The van der Waals surface area contributed by atoms with E-state index in [1.807, 2.05) is 13.8 Å². The highest BCUT2D eigenvalue weighted by Gasteiger charge is 2.48. The number of aliphatic hydroxyl groups excluding tert-OH is 1. The first-order chi connectivity index (χ1) is 8.37. The van der Waals surface area contributed by atoms with E-state index in [-0.39, 0.29) is 11.2 Å². The molecule has 4 unspecified atom stereocenters. The second-order valence-electron chi connectivity index (χ2n) is 6.11. The molecule has 0 spiro atoms.